The fourth-order valence-corrected chi connectivity index (χ4v) is 11.1. The van der Waals surface area contributed by atoms with E-state index in [2.05, 4.69) is 41.5 Å². The Morgan fingerprint density at radius 3 is 0.943 bits per heavy atom. The van der Waals surface area contributed by atoms with Gasteiger partial charge in [0.1, 0.15) is 24.4 Å². The number of unbranched alkanes of at least 4 members (excludes halogenated alkanes) is 4. The molecule has 0 spiro atoms. The van der Waals surface area contributed by atoms with Crippen molar-refractivity contribution in [2.45, 2.75) is 434 Å². The highest BCUT2D eigenvalue weighted by Gasteiger charge is 2.43. The minimum Gasteiger partial charge on any atom is -0.396 e. The van der Waals surface area contributed by atoms with Crippen LogP contribution in [0.2, 0.25) is 0 Å². The summed E-state index contributed by atoms with van der Waals surface area (Å²) in [5.74, 6) is -0.312. The van der Waals surface area contributed by atoms with Crippen LogP contribution in [0.15, 0.2) is 0 Å². The molecule has 19 unspecified atom stereocenters. The fourth-order valence-electron chi connectivity index (χ4n) is 11.1. The lowest BCUT2D eigenvalue weighted by Crippen LogP contribution is -2.55. The number of aliphatic hydroxyl groups excluding tert-OH is 32. The van der Waals surface area contributed by atoms with Crippen molar-refractivity contribution in [2.24, 2.45) is 34.0 Å². The summed E-state index contributed by atoms with van der Waals surface area (Å²) in [6.45, 7) is 32.1. The minimum atomic E-state index is -1.14. The van der Waals surface area contributed by atoms with Crippen molar-refractivity contribution in [2.75, 3.05) is 112 Å². The van der Waals surface area contributed by atoms with Crippen molar-refractivity contribution in [1.29, 1.82) is 0 Å². The van der Waals surface area contributed by atoms with Gasteiger partial charge in [-0.3, -0.25) is 0 Å². The van der Waals surface area contributed by atoms with E-state index in [1.54, 1.807) is 0 Å². The zero-order chi connectivity index (χ0) is 98.2. The maximum absolute atomic E-state index is 9.64. The second-order valence-corrected chi connectivity index (χ2v) is 32.6. The van der Waals surface area contributed by atoms with Crippen LogP contribution in [0.1, 0.15) is 336 Å². The van der Waals surface area contributed by atoms with E-state index in [9.17, 15) is 25.5 Å². The summed E-state index contributed by atoms with van der Waals surface area (Å²) < 4.78 is 4.98. The standard InChI is InChI=1S/C9H18O5.C8H18O4.C8H18O3.C8H18O2.3C7H16O3.2C7H16O2.C6H14O2.C6H14O.C5H12O2.C5H12O/c1-2-3-5-7(11)8(12)6(4-10)14-9(5)13;1-2-3-6(10)4-7(11)8(12)5-9;1-2-3-4-7(10)5-8(11)6-9;1-3-5-8(4-2,6-9)7-10;1-2-3-7(4-8,5-9)6-10;1-2-3-6(4-8)7(10)5-9;1-2-3-4-6(9)7(10)5-8;1-3-4-7(2,5-8)6-9;1-2-3-7(6-9)4-5-8;1-2-3-4-6(8)5-7;1-3-4-5-6(2)7;1-2-3-5(7)4-6;1-3-4-5(2)6/h5-13H,2-4H2,1H3;6-12H,2-5H2,1H3;7-11H,2-6H2,1H3;9-10H,3-7H2,1-2H3;8-10H,2-6H2,1H3;2*6-10H,2-5H2,1H3;8-9H,3-6H2,1-2H3;7-9H,2-6H2,1H3;6-8H,2-5H2,1H3;6-7H,3-5H2,1-2H3;5-7H,2-4H2,1H3;5-6H,3-4H2,1-2H3. The Bertz CT molecular complexity index is 1810. The Hall–Kier alpha value is -1.32. The summed E-state index contributed by atoms with van der Waals surface area (Å²) in [4.78, 5) is 0. The van der Waals surface area contributed by atoms with Crippen molar-refractivity contribution in [1.82, 2.24) is 0 Å². The lowest BCUT2D eigenvalue weighted by Gasteiger charge is -2.40. The van der Waals surface area contributed by atoms with Crippen LogP contribution in [0.25, 0.3) is 0 Å². The van der Waals surface area contributed by atoms with Gasteiger partial charge in [-0.1, -0.05) is 213 Å². The maximum atomic E-state index is 9.64. The van der Waals surface area contributed by atoms with Gasteiger partial charge in [0.25, 0.3) is 0 Å². The molecule has 1 fully saturated rings. The molecule has 123 heavy (non-hydrogen) atoms. The van der Waals surface area contributed by atoms with Crippen molar-refractivity contribution >= 4 is 0 Å². The zero-order valence-corrected chi connectivity index (χ0v) is 80.3. The van der Waals surface area contributed by atoms with Crippen molar-refractivity contribution in [3.63, 3.8) is 0 Å². The molecule has 0 aromatic heterocycles. The van der Waals surface area contributed by atoms with Crippen molar-refractivity contribution in [3.8, 4) is 0 Å². The van der Waals surface area contributed by atoms with Gasteiger partial charge in [0, 0.05) is 60.7 Å². The predicted octanol–water partition coefficient (Wildman–Crippen LogP) is 3.87. The number of hydrogen-bond donors (Lipinski definition) is 32. The highest BCUT2D eigenvalue weighted by atomic mass is 16.6. The highest BCUT2D eigenvalue weighted by molar-refractivity contribution is 4.88. The molecule has 762 valence electrons. The third-order valence-corrected chi connectivity index (χ3v) is 19.9. The predicted molar refractivity (Wildman–Crippen MR) is 487 cm³/mol. The van der Waals surface area contributed by atoms with Gasteiger partial charge in [-0.15, -0.1) is 0 Å². The smallest absolute Gasteiger partial charge is 0.160 e. The van der Waals surface area contributed by atoms with Crippen LogP contribution < -0.4 is 0 Å². The molecule has 0 radical (unpaired) electrons. The maximum Gasteiger partial charge on any atom is 0.160 e. The van der Waals surface area contributed by atoms with Crippen LogP contribution in [0, 0.1) is 34.0 Å². The molecule has 0 aromatic carbocycles. The molecule has 1 rings (SSSR count). The van der Waals surface area contributed by atoms with Gasteiger partial charge in [0.05, 0.1) is 160 Å². The van der Waals surface area contributed by atoms with Gasteiger partial charge in [-0.25, -0.2) is 0 Å². The molecule has 33 heteroatoms. The Morgan fingerprint density at radius 2 is 0.667 bits per heavy atom. The topological polar surface area (TPSA) is 657 Å². The van der Waals surface area contributed by atoms with Crippen molar-refractivity contribution in [3.05, 3.63) is 0 Å². The molecule has 0 amide bonds. The summed E-state index contributed by atoms with van der Waals surface area (Å²) in [6, 6.07) is 0. The summed E-state index contributed by atoms with van der Waals surface area (Å²) in [6.07, 6.45) is 17.1. The van der Waals surface area contributed by atoms with E-state index in [0.717, 1.165) is 161 Å². The molecule has 1 saturated heterocycles. The van der Waals surface area contributed by atoms with Gasteiger partial charge >= 0.3 is 0 Å². The molecule has 32 N–H and O–H groups in total. The quantitative estimate of drug-likeness (QED) is 0.0411. The van der Waals surface area contributed by atoms with E-state index < -0.39 is 110 Å². The first-order valence-electron chi connectivity index (χ1n) is 46.3. The molecular formula is C90H204O33. The molecule has 33 nitrogen and oxygen atoms in total. The average molecular weight is 1810 g/mol. The first-order chi connectivity index (χ1) is 58.1. The number of ether oxygens (including phenoxy) is 1. The molecule has 0 saturated carbocycles. The molecule has 19 atom stereocenters. The Morgan fingerprint density at radius 1 is 0.293 bits per heavy atom. The second-order valence-electron chi connectivity index (χ2n) is 32.6. The number of rotatable bonds is 56. The van der Waals surface area contributed by atoms with E-state index in [0.29, 0.717) is 44.4 Å². The monoisotopic (exact) mass is 1810 g/mol. The van der Waals surface area contributed by atoms with Gasteiger partial charge in [0.15, 0.2) is 6.29 Å². The second kappa shape index (κ2) is 109. The third-order valence-electron chi connectivity index (χ3n) is 19.9. The Labute approximate surface area is 745 Å². The number of aliphatic hydroxyl groups is 32. The summed E-state index contributed by atoms with van der Waals surface area (Å²) in [5.41, 5.74) is -1.13. The third kappa shape index (κ3) is 101. The van der Waals surface area contributed by atoms with Crippen molar-refractivity contribution < 1.29 is 168 Å². The van der Waals surface area contributed by atoms with E-state index in [4.69, 9.17) is 143 Å². The van der Waals surface area contributed by atoms with Crippen LogP contribution in [0.3, 0.4) is 0 Å². The Balaban J connectivity index is -0.000000109. The first-order valence-corrected chi connectivity index (χ1v) is 46.3. The van der Waals surface area contributed by atoms with Gasteiger partial charge in [-0.05, 0) is 116 Å². The van der Waals surface area contributed by atoms with E-state index in [-0.39, 0.29) is 141 Å². The normalized spacial score (nSPS) is 18.1. The Kier molecular flexibility index (Phi) is 131. The van der Waals surface area contributed by atoms with Crippen LogP contribution in [-0.4, -0.2) is 374 Å². The molecule has 0 aromatic rings. The summed E-state index contributed by atoms with van der Waals surface area (Å²) in [5, 5.41) is 282. The van der Waals surface area contributed by atoms with Gasteiger partial charge < -0.3 is 168 Å². The summed E-state index contributed by atoms with van der Waals surface area (Å²) in [7, 11) is 0. The van der Waals surface area contributed by atoms with Gasteiger partial charge in [0.2, 0.25) is 0 Å². The van der Waals surface area contributed by atoms with E-state index >= 15 is 0 Å². The average Bonchev–Trinajstić information content (AvgIpc) is 0.818. The lowest BCUT2D eigenvalue weighted by molar-refractivity contribution is -0.270. The minimum absolute atomic E-state index is 0.0461. The van der Waals surface area contributed by atoms with Crippen LogP contribution in [0.4, 0.5) is 0 Å². The molecular weight excluding hydrogens is 1610 g/mol. The van der Waals surface area contributed by atoms with E-state index in [1.165, 1.54) is 6.42 Å². The molecule has 1 aliphatic rings. The van der Waals surface area contributed by atoms with E-state index in [1.807, 2.05) is 76.2 Å². The molecule has 0 bridgehead atoms. The number of hydrogen-bond acceptors (Lipinski definition) is 33. The van der Waals surface area contributed by atoms with Gasteiger partial charge in [-0.2, -0.15) is 0 Å². The first kappa shape index (κ1) is 147. The lowest BCUT2D eigenvalue weighted by atomic mass is 9.83. The highest BCUT2D eigenvalue weighted by Crippen LogP contribution is 2.29. The summed E-state index contributed by atoms with van der Waals surface area (Å²) >= 11 is 0. The largest absolute Gasteiger partial charge is 0.396 e. The van der Waals surface area contributed by atoms with Crippen LogP contribution in [-0.2, 0) is 4.74 Å². The van der Waals surface area contributed by atoms with Crippen LogP contribution in [0.5, 0.6) is 0 Å². The fraction of sp³-hybridized carbons (Fsp3) is 1.00. The van der Waals surface area contributed by atoms with Crippen LogP contribution >= 0.6 is 0 Å². The molecule has 1 aliphatic heterocycles. The zero-order valence-electron chi connectivity index (χ0n) is 80.3. The molecule has 0 aliphatic carbocycles. The SMILES string of the molecule is CCCC(C)(CO)CO.CCCC(C)O.CCCC(CC)(CO)CO.CCCC(CO)(CO)CO.CCCC(CO)C(O)CO.CCCC(CO)CCO.CCCC(O)CC(O)C(O)CO.CCCC(O)CO.CCCC1C(O)OC(CO)C(O)C1O.CCCCC(C)O.CCCCC(O)C(O)CO.CCCCC(O)CC(O)CO.CCCCC(O)CO. The molecule has 1 heterocycles.